The summed E-state index contributed by atoms with van der Waals surface area (Å²) in [6.07, 6.45) is 4.75. The number of imidazole rings is 1. The van der Waals surface area contributed by atoms with Crippen LogP contribution in [0.1, 0.15) is 31.1 Å². The van der Waals surface area contributed by atoms with Crippen LogP contribution in [0, 0.1) is 5.92 Å². The maximum atomic E-state index is 5.50. The summed E-state index contributed by atoms with van der Waals surface area (Å²) in [4.78, 5) is 4.79. The van der Waals surface area contributed by atoms with Gasteiger partial charge >= 0.3 is 0 Å². The van der Waals surface area contributed by atoms with Crippen molar-refractivity contribution in [1.82, 2.24) is 9.55 Å². The van der Waals surface area contributed by atoms with Crippen molar-refractivity contribution in [2.45, 2.75) is 31.7 Å². The van der Waals surface area contributed by atoms with Crippen LogP contribution in [0.4, 0.5) is 0 Å². The predicted octanol–water partition coefficient (Wildman–Crippen LogP) is 3.71. The van der Waals surface area contributed by atoms with Crippen LogP contribution in [0.5, 0.6) is 0 Å². The highest BCUT2D eigenvalue weighted by Crippen LogP contribution is 2.39. The third kappa shape index (κ3) is 1.93. The van der Waals surface area contributed by atoms with Crippen molar-refractivity contribution in [3.05, 3.63) is 28.5 Å². The molecule has 0 aliphatic carbocycles. The van der Waals surface area contributed by atoms with E-state index < -0.39 is 0 Å². The summed E-state index contributed by atoms with van der Waals surface area (Å²) in [5.41, 5.74) is 2.42. The number of hydrogen-bond donors (Lipinski definition) is 0. The van der Waals surface area contributed by atoms with Crippen molar-refractivity contribution in [2.75, 3.05) is 13.2 Å². The Morgan fingerprint density at radius 1 is 1.21 bits per heavy atom. The number of hydrogen-bond acceptors (Lipinski definition) is 2. The fraction of sp³-hybridized carbons (Fsp3) is 0.533. The molecular weight excluding hydrogens is 304 g/mol. The van der Waals surface area contributed by atoms with Gasteiger partial charge in [-0.05, 0) is 43.4 Å². The number of nitrogens with zero attached hydrogens (tertiary/aromatic N) is 2. The lowest BCUT2D eigenvalue weighted by Gasteiger charge is -2.29. The largest absolute Gasteiger partial charge is 0.381 e. The lowest BCUT2D eigenvalue weighted by atomic mass is 9.90. The number of ether oxygens (including phenoxy) is 1. The summed E-state index contributed by atoms with van der Waals surface area (Å²) < 4.78 is 9.14. The van der Waals surface area contributed by atoms with Gasteiger partial charge < -0.3 is 9.30 Å². The zero-order chi connectivity index (χ0) is 12.8. The molecule has 0 spiro atoms. The predicted molar refractivity (Wildman–Crippen MR) is 78.3 cm³/mol. The van der Waals surface area contributed by atoms with E-state index in [1.54, 1.807) is 0 Å². The van der Waals surface area contributed by atoms with Crippen molar-refractivity contribution in [3.63, 3.8) is 0 Å². The van der Waals surface area contributed by atoms with E-state index in [4.69, 9.17) is 9.72 Å². The Kier molecular flexibility index (Phi) is 2.88. The van der Waals surface area contributed by atoms with E-state index in [2.05, 4.69) is 38.7 Å². The highest BCUT2D eigenvalue weighted by atomic mass is 79.9. The Morgan fingerprint density at radius 3 is 2.89 bits per heavy atom. The van der Waals surface area contributed by atoms with Gasteiger partial charge in [-0.15, -0.1) is 0 Å². The molecule has 3 nitrogen and oxygen atoms in total. The molecule has 0 amide bonds. The first kappa shape index (κ1) is 11.9. The van der Waals surface area contributed by atoms with Crippen molar-refractivity contribution in [1.29, 1.82) is 0 Å². The molecule has 1 unspecified atom stereocenters. The molecule has 4 rings (SSSR count). The molecule has 1 saturated heterocycles. The monoisotopic (exact) mass is 320 g/mol. The Hall–Kier alpha value is -0.870. The summed E-state index contributed by atoms with van der Waals surface area (Å²) in [7, 11) is 0. The minimum atomic E-state index is 0.623. The Morgan fingerprint density at radius 2 is 2.05 bits per heavy atom. The maximum Gasteiger partial charge on any atom is 0.110 e. The van der Waals surface area contributed by atoms with E-state index >= 15 is 0 Å². The van der Waals surface area contributed by atoms with Crippen LogP contribution < -0.4 is 0 Å². The van der Waals surface area contributed by atoms with Crippen LogP contribution in [0.15, 0.2) is 22.7 Å². The van der Waals surface area contributed by atoms with Crippen LogP contribution in [0.2, 0.25) is 0 Å². The fourth-order valence-corrected chi connectivity index (χ4v) is 3.96. The van der Waals surface area contributed by atoms with Crippen LogP contribution in [-0.4, -0.2) is 22.8 Å². The van der Waals surface area contributed by atoms with E-state index in [1.807, 2.05) is 0 Å². The highest BCUT2D eigenvalue weighted by molar-refractivity contribution is 9.10. The number of benzene rings is 1. The zero-order valence-corrected chi connectivity index (χ0v) is 12.4. The van der Waals surface area contributed by atoms with E-state index in [0.29, 0.717) is 6.04 Å². The third-order valence-electron chi connectivity index (χ3n) is 4.53. The summed E-state index contributed by atoms with van der Waals surface area (Å²) in [5, 5.41) is 0. The molecule has 2 aliphatic heterocycles. The number of halogens is 1. The van der Waals surface area contributed by atoms with Gasteiger partial charge in [0.15, 0.2) is 0 Å². The summed E-state index contributed by atoms with van der Waals surface area (Å²) in [6.45, 7) is 1.85. The Balaban J connectivity index is 1.79. The molecule has 2 aromatic rings. The molecule has 2 aliphatic rings. The number of aryl methyl sites for hydroxylation is 1. The fourth-order valence-electron chi connectivity index (χ4n) is 3.62. The van der Waals surface area contributed by atoms with Crippen molar-refractivity contribution in [2.24, 2.45) is 5.92 Å². The summed E-state index contributed by atoms with van der Waals surface area (Å²) in [5.74, 6) is 2.02. The number of rotatable bonds is 1. The average molecular weight is 321 g/mol. The topological polar surface area (TPSA) is 27.1 Å². The lowest BCUT2D eigenvalue weighted by molar-refractivity contribution is 0.0503. The number of fused-ring (bicyclic) bond motifs is 3. The van der Waals surface area contributed by atoms with Gasteiger partial charge in [0.2, 0.25) is 0 Å². The van der Waals surface area contributed by atoms with E-state index in [1.165, 1.54) is 30.6 Å². The molecule has 1 aromatic heterocycles. The molecule has 0 saturated carbocycles. The van der Waals surface area contributed by atoms with Crippen molar-refractivity contribution in [3.8, 4) is 0 Å². The van der Waals surface area contributed by atoms with Gasteiger partial charge in [-0.3, -0.25) is 0 Å². The molecule has 1 aromatic carbocycles. The summed E-state index contributed by atoms with van der Waals surface area (Å²) in [6, 6.07) is 7.03. The van der Waals surface area contributed by atoms with Gasteiger partial charge in [0, 0.05) is 30.1 Å². The molecular formula is C15H17BrN2O. The molecule has 0 radical (unpaired) electrons. The molecule has 1 atom stereocenters. The van der Waals surface area contributed by atoms with Gasteiger partial charge in [-0.2, -0.15) is 0 Å². The molecule has 4 heteroatoms. The highest BCUT2D eigenvalue weighted by Gasteiger charge is 2.32. The van der Waals surface area contributed by atoms with Crippen molar-refractivity contribution < 1.29 is 4.74 Å². The normalized spacial score (nSPS) is 23.9. The van der Waals surface area contributed by atoms with Gasteiger partial charge in [0.05, 0.1) is 11.0 Å². The van der Waals surface area contributed by atoms with Crippen LogP contribution in [0.3, 0.4) is 0 Å². The molecule has 19 heavy (non-hydrogen) atoms. The minimum absolute atomic E-state index is 0.623. The zero-order valence-electron chi connectivity index (χ0n) is 10.8. The molecule has 0 bridgehead atoms. The first-order chi connectivity index (χ1) is 9.33. The second kappa shape index (κ2) is 4.60. The van der Waals surface area contributed by atoms with Crippen LogP contribution >= 0.6 is 15.9 Å². The first-order valence-corrected chi connectivity index (χ1v) is 7.86. The quantitative estimate of drug-likeness (QED) is 0.800. The maximum absolute atomic E-state index is 5.50. The second-order valence-corrected chi connectivity index (χ2v) is 6.50. The van der Waals surface area contributed by atoms with Gasteiger partial charge in [0.1, 0.15) is 5.82 Å². The van der Waals surface area contributed by atoms with E-state index in [0.717, 1.165) is 35.5 Å². The Labute approximate surface area is 121 Å². The number of aromatic nitrogens is 2. The molecule has 100 valence electrons. The lowest BCUT2D eigenvalue weighted by Crippen LogP contribution is -2.23. The van der Waals surface area contributed by atoms with E-state index in [-0.39, 0.29) is 0 Å². The SMILES string of the molecule is Brc1ccc2nc3n(c2c1)C(C1CCOCC1)CC3. The average Bonchev–Trinajstić information content (AvgIpc) is 2.99. The third-order valence-corrected chi connectivity index (χ3v) is 5.02. The van der Waals surface area contributed by atoms with Crippen LogP contribution in [-0.2, 0) is 11.2 Å². The standard InChI is InChI=1S/C15H17BrN2O/c16-11-1-2-12-14(9-11)18-13(3-4-15(18)17-12)10-5-7-19-8-6-10/h1-2,9-10,13H,3-8H2. The molecule has 1 fully saturated rings. The Bertz CT molecular complexity index is 616. The van der Waals surface area contributed by atoms with Crippen LogP contribution in [0.25, 0.3) is 11.0 Å². The minimum Gasteiger partial charge on any atom is -0.381 e. The summed E-state index contributed by atoms with van der Waals surface area (Å²) >= 11 is 3.58. The van der Waals surface area contributed by atoms with E-state index in [9.17, 15) is 0 Å². The van der Waals surface area contributed by atoms with Crippen molar-refractivity contribution >= 4 is 27.0 Å². The molecule has 0 N–H and O–H groups in total. The van der Waals surface area contributed by atoms with Gasteiger partial charge in [-0.25, -0.2) is 4.98 Å². The molecule has 3 heterocycles. The smallest absolute Gasteiger partial charge is 0.110 e. The second-order valence-electron chi connectivity index (χ2n) is 5.59. The first-order valence-electron chi connectivity index (χ1n) is 7.07. The van der Waals surface area contributed by atoms with Gasteiger partial charge in [-0.1, -0.05) is 15.9 Å². The van der Waals surface area contributed by atoms with Gasteiger partial charge in [0.25, 0.3) is 0 Å².